The van der Waals surface area contributed by atoms with Crippen LogP contribution in [0.25, 0.3) is 11.1 Å². The molecular weight excluding hydrogens is 310 g/mol. The number of benzene rings is 2. The summed E-state index contributed by atoms with van der Waals surface area (Å²) in [6, 6.07) is 12.2. The molecule has 4 rings (SSSR count). The van der Waals surface area contributed by atoms with Crippen molar-refractivity contribution < 1.29 is 0 Å². The Morgan fingerprint density at radius 1 is 0.840 bits per heavy atom. The Morgan fingerprint density at radius 3 is 2.40 bits per heavy atom. The van der Waals surface area contributed by atoms with Gasteiger partial charge in [-0.3, -0.25) is 9.59 Å². The lowest BCUT2D eigenvalue weighted by molar-refractivity contribution is 0.686. The van der Waals surface area contributed by atoms with Crippen LogP contribution in [0.2, 0.25) is 0 Å². The van der Waals surface area contributed by atoms with Gasteiger partial charge in [0, 0.05) is 5.69 Å². The highest BCUT2D eigenvalue weighted by molar-refractivity contribution is 5.85. The number of hydrogen-bond donors (Lipinski definition) is 1. The Balaban J connectivity index is 1.75. The zero-order chi connectivity index (χ0) is 17.6. The number of nitrogens with one attached hydrogen (secondary N) is 1. The van der Waals surface area contributed by atoms with E-state index in [9.17, 15) is 9.59 Å². The van der Waals surface area contributed by atoms with Crippen molar-refractivity contribution in [3.63, 3.8) is 0 Å². The summed E-state index contributed by atoms with van der Waals surface area (Å²) in [4.78, 5) is 24.4. The standard InChI is InChI=1S/C22H21NO2/c1-13-7-8-14(2)18(11-13)23-20-19(21(24)22(20)25)17-10-9-15-5-3-4-6-16(15)12-17/h7-12,23H,3-6H2,1-2H3. The van der Waals surface area contributed by atoms with E-state index in [2.05, 4.69) is 17.4 Å². The first-order valence-electron chi connectivity index (χ1n) is 8.84. The van der Waals surface area contributed by atoms with Crippen LogP contribution in [0.15, 0.2) is 46.0 Å². The first kappa shape index (κ1) is 15.8. The molecule has 126 valence electrons. The van der Waals surface area contributed by atoms with Crippen molar-refractivity contribution in [3.8, 4) is 11.1 Å². The highest BCUT2D eigenvalue weighted by Crippen LogP contribution is 2.31. The van der Waals surface area contributed by atoms with Gasteiger partial charge in [-0.2, -0.15) is 0 Å². The third-order valence-corrected chi connectivity index (χ3v) is 5.20. The Kier molecular flexibility index (Phi) is 3.79. The van der Waals surface area contributed by atoms with E-state index in [0.717, 1.165) is 35.2 Å². The van der Waals surface area contributed by atoms with Crippen LogP contribution in [-0.4, -0.2) is 0 Å². The summed E-state index contributed by atoms with van der Waals surface area (Å²) in [5.74, 6) is 0. The fraction of sp³-hybridized carbons (Fsp3) is 0.273. The van der Waals surface area contributed by atoms with Crippen molar-refractivity contribution in [2.24, 2.45) is 0 Å². The van der Waals surface area contributed by atoms with Gasteiger partial charge in [-0.1, -0.05) is 30.3 Å². The zero-order valence-corrected chi connectivity index (χ0v) is 14.6. The summed E-state index contributed by atoms with van der Waals surface area (Å²) in [5, 5.41) is 3.21. The van der Waals surface area contributed by atoms with Gasteiger partial charge in [0.2, 0.25) is 5.43 Å². The molecule has 3 nitrogen and oxygen atoms in total. The highest BCUT2D eigenvalue weighted by Gasteiger charge is 2.23. The topological polar surface area (TPSA) is 46.2 Å². The van der Waals surface area contributed by atoms with Gasteiger partial charge in [-0.05, 0) is 73.4 Å². The van der Waals surface area contributed by atoms with Crippen LogP contribution in [0.1, 0.15) is 35.1 Å². The second-order valence-electron chi connectivity index (χ2n) is 7.04. The lowest BCUT2D eigenvalue weighted by Crippen LogP contribution is -2.35. The second-order valence-corrected chi connectivity index (χ2v) is 7.04. The van der Waals surface area contributed by atoms with Crippen molar-refractivity contribution in [3.05, 3.63) is 79.1 Å². The van der Waals surface area contributed by atoms with E-state index in [-0.39, 0.29) is 5.43 Å². The number of anilines is 2. The average molecular weight is 331 g/mol. The SMILES string of the molecule is Cc1ccc(C)c(Nc2c(-c3ccc4c(c3)CCCC4)c(=O)c2=O)c1. The third-order valence-electron chi connectivity index (χ3n) is 5.20. The maximum absolute atomic E-state index is 12.2. The molecule has 0 spiro atoms. The molecule has 0 amide bonds. The van der Waals surface area contributed by atoms with Crippen molar-refractivity contribution >= 4 is 11.4 Å². The molecule has 0 saturated heterocycles. The minimum atomic E-state index is -0.423. The summed E-state index contributed by atoms with van der Waals surface area (Å²) in [5.41, 5.74) is 6.74. The minimum absolute atomic E-state index is 0.386. The molecule has 25 heavy (non-hydrogen) atoms. The molecule has 0 aromatic heterocycles. The molecule has 1 N–H and O–H groups in total. The average Bonchev–Trinajstić information content (AvgIpc) is 2.63. The lowest BCUT2D eigenvalue weighted by Gasteiger charge is -2.19. The molecule has 3 aromatic rings. The summed E-state index contributed by atoms with van der Waals surface area (Å²) >= 11 is 0. The van der Waals surface area contributed by atoms with E-state index in [0.29, 0.717) is 11.3 Å². The van der Waals surface area contributed by atoms with Crippen molar-refractivity contribution in [1.29, 1.82) is 0 Å². The van der Waals surface area contributed by atoms with Crippen LogP contribution < -0.4 is 16.2 Å². The van der Waals surface area contributed by atoms with E-state index in [1.807, 2.05) is 38.1 Å². The fourth-order valence-electron chi connectivity index (χ4n) is 3.68. The Hall–Kier alpha value is -2.68. The molecule has 0 fully saturated rings. The van der Waals surface area contributed by atoms with Crippen LogP contribution in [0.3, 0.4) is 0 Å². The second kappa shape index (κ2) is 5.99. The first-order valence-corrected chi connectivity index (χ1v) is 8.84. The number of aryl methyl sites for hydroxylation is 4. The molecule has 0 aliphatic heterocycles. The largest absolute Gasteiger partial charge is 0.351 e. The van der Waals surface area contributed by atoms with Crippen LogP contribution in [0, 0.1) is 13.8 Å². The van der Waals surface area contributed by atoms with Gasteiger partial charge in [-0.25, -0.2) is 0 Å². The predicted octanol–water partition coefficient (Wildman–Crippen LogP) is 4.19. The van der Waals surface area contributed by atoms with Crippen LogP contribution in [-0.2, 0) is 12.8 Å². The van der Waals surface area contributed by atoms with E-state index in [1.54, 1.807) is 0 Å². The highest BCUT2D eigenvalue weighted by atomic mass is 16.2. The van der Waals surface area contributed by atoms with Gasteiger partial charge in [0.25, 0.3) is 5.43 Å². The summed E-state index contributed by atoms with van der Waals surface area (Å²) in [6.45, 7) is 4.00. The Morgan fingerprint density at radius 2 is 1.60 bits per heavy atom. The van der Waals surface area contributed by atoms with E-state index < -0.39 is 5.43 Å². The van der Waals surface area contributed by atoms with E-state index in [1.165, 1.54) is 24.0 Å². The maximum Gasteiger partial charge on any atom is 0.250 e. The minimum Gasteiger partial charge on any atom is -0.351 e. The maximum atomic E-state index is 12.2. The normalized spacial score (nSPS) is 13.7. The van der Waals surface area contributed by atoms with Crippen molar-refractivity contribution in [2.75, 3.05) is 5.32 Å². The van der Waals surface area contributed by atoms with Gasteiger partial charge in [0.05, 0.1) is 5.56 Å². The summed E-state index contributed by atoms with van der Waals surface area (Å²) < 4.78 is 0. The first-order chi connectivity index (χ1) is 12.0. The van der Waals surface area contributed by atoms with Gasteiger partial charge in [0.1, 0.15) is 5.69 Å². The van der Waals surface area contributed by atoms with Gasteiger partial charge in [0.15, 0.2) is 0 Å². The molecule has 1 aliphatic rings. The fourth-order valence-corrected chi connectivity index (χ4v) is 3.68. The number of rotatable bonds is 3. The van der Waals surface area contributed by atoms with Gasteiger partial charge < -0.3 is 5.32 Å². The van der Waals surface area contributed by atoms with Crippen molar-refractivity contribution in [1.82, 2.24) is 0 Å². The number of fused-ring (bicyclic) bond motifs is 1. The monoisotopic (exact) mass is 331 g/mol. The lowest BCUT2D eigenvalue weighted by atomic mass is 9.88. The third kappa shape index (κ3) is 2.70. The van der Waals surface area contributed by atoms with Crippen LogP contribution in [0.4, 0.5) is 11.4 Å². The molecule has 3 aromatic carbocycles. The molecule has 0 unspecified atom stereocenters. The molecular formula is C22H21NO2. The number of hydrogen-bond acceptors (Lipinski definition) is 3. The Bertz CT molecular complexity index is 1040. The zero-order valence-electron chi connectivity index (χ0n) is 14.6. The quantitative estimate of drug-likeness (QED) is 0.732. The molecule has 0 bridgehead atoms. The molecule has 0 heterocycles. The molecule has 0 saturated carbocycles. The molecule has 0 atom stereocenters. The molecule has 0 radical (unpaired) electrons. The molecule has 1 aliphatic carbocycles. The van der Waals surface area contributed by atoms with E-state index >= 15 is 0 Å². The van der Waals surface area contributed by atoms with E-state index in [4.69, 9.17) is 0 Å². The van der Waals surface area contributed by atoms with Gasteiger partial charge >= 0.3 is 0 Å². The van der Waals surface area contributed by atoms with Gasteiger partial charge in [-0.15, -0.1) is 0 Å². The van der Waals surface area contributed by atoms with Crippen LogP contribution >= 0.6 is 0 Å². The summed E-state index contributed by atoms with van der Waals surface area (Å²) in [6.07, 6.45) is 4.58. The molecule has 3 heteroatoms. The smallest absolute Gasteiger partial charge is 0.250 e. The Labute approximate surface area is 147 Å². The van der Waals surface area contributed by atoms with Crippen LogP contribution in [0.5, 0.6) is 0 Å². The van der Waals surface area contributed by atoms with Crippen molar-refractivity contribution in [2.45, 2.75) is 39.5 Å². The predicted molar refractivity (Wildman–Crippen MR) is 103 cm³/mol. The summed E-state index contributed by atoms with van der Waals surface area (Å²) in [7, 11) is 0.